The highest BCUT2D eigenvalue weighted by Crippen LogP contribution is 2.23. The highest BCUT2D eigenvalue weighted by atomic mass is 32.2. The third-order valence-corrected chi connectivity index (χ3v) is 6.79. The molecule has 8 nitrogen and oxygen atoms in total. The number of ether oxygens (including phenoxy) is 1. The first-order valence-corrected chi connectivity index (χ1v) is 11.1. The van der Waals surface area contributed by atoms with E-state index in [1.807, 2.05) is 0 Å². The van der Waals surface area contributed by atoms with Crippen LogP contribution in [0.5, 0.6) is 5.75 Å². The van der Waals surface area contributed by atoms with Gasteiger partial charge in [0.15, 0.2) is 0 Å². The van der Waals surface area contributed by atoms with Gasteiger partial charge in [0.1, 0.15) is 5.75 Å². The largest absolute Gasteiger partial charge is 0.497 e. The van der Waals surface area contributed by atoms with Crippen LogP contribution < -0.4 is 15.4 Å². The van der Waals surface area contributed by atoms with Gasteiger partial charge in [0.25, 0.3) is 0 Å². The Morgan fingerprint density at radius 2 is 1.90 bits per heavy atom. The number of sulfonamides is 1. The van der Waals surface area contributed by atoms with E-state index < -0.39 is 15.9 Å². The van der Waals surface area contributed by atoms with Gasteiger partial charge in [0.2, 0.25) is 21.8 Å². The number of carbonyl (C=O) groups excluding carboxylic acids is 2. The van der Waals surface area contributed by atoms with Gasteiger partial charge in [0.05, 0.1) is 24.5 Å². The van der Waals surface area contributed by atoms with Crippen molar-refractivity contribution >= 4 is 27.5 Å². The van der Waals surface area contributed by atoms with Gasteiger partial charge in [-0.15, -0.1) is 0 Å². The van der Waals surface area contributed by atoms with Crippen molar-refractivity contribution < 1.29 is 22.7 Å². The van der Waals surface area contributed by atoms with Crippen LogP contribution in [0.4, 0.5) is 5.69 Å². The van der Waals surface area contributed by atoms with E-state index in [9.17, 15) is 18.0 Å². The summed E-state index contributed by atoms with van der Waals surface area (Å²) in [5, 5.41) is 5.30. The zero-order valence-corrected chi connectivity index (χ0v) is 17.5. The molecule has 2 N–H and O–H groups in total. The number of nitrogens with zero attached hydrogens (tertiary/aromatic N) is 1. The lowest BCUT2D eigenvalue weighted by Crippen LogP contribution is -2.46. The van der Waals surface area contributed by atoms with E-state index in [0.29, 0.717) is 30.8 Å². The first-order valence-electron chi connectivity index (χ1n) is 9.67. The quantitative estimate of drug-likeness (QED) is 0.696. The first-order chi connectivity index (χ1) is 14.4. The van der Waals surface area contributed by atoms with E-state index in [-0.39, 0.29) is 29.8 Å². The third-order valence-electron chi connectivity index (χ3n) is 4.91. The second kappa shape index (κ2) is 9.73. The number of rotatable bonds is 7. The molecule has 1 saturated heterocycles. The number of amides is 2. The molecule has 2 amide bonds. The molecule has 0 spiro atoms. The number of benzene rings is 2. The van der Waals surface area contributed by atoms with Gasteiger partial charge in [-0.1, -0.05) is 24.3 Å². The van der Waals surface area contributed by atoms with Crippen molar-refractivity contribution in [3.05, 3.63) is 54.6 Å². The van der Waals surface area contributed by atoms with Crippen LogP contribution in [-0.2, 0) is 19.6 Å². The van der Waals surface area contributed by atoms with Gasteiger partial charge in [-0.05, 0) is 37.1 Å². The van der Waals surface area contributed by atoms with Crippen LogP contribution in [0.3, 0.4) is 0 Å². The fourth-order valence-corrected chi connectivity index (χ4v) is 4.88. The zero-order valence-electron chi connectivity index (χ0n) is 16.7. The van der Waals surface area contributed by atoms with Crippen molar-refractivity contribution in [2.45, 2.75) is 17.7 Å². The second-order valence-electron chi connectivity index (χ2n) is 7.01. The number of piperidine rings is 1. The van der Waals surface area contributed by atoms with Crippen LogP contribution in [0.15, 0.2) is 59.5 Å². The highest BCUT2D eigenvalue weighted by Gasteiger charge is 2.33. The molecule has 1 heterocycles. The van der Waals surface area contributed by atoms with E-state index in [1.54, 1.807) is 54.6 Å². The molecule has 0 bridgehead atoms. The fraction of sp³-hybridized carbons (Fsp3) is 0.333. The molecule has 3 rings (SSSR count). The average Bonchev–Trinajstić information content (AvgIpc) is 2.78. The average molecular weight is 432 g/mol. The van der Waals surface area contributed by atoms with E-state index in [4.69, 9.17) is 4.74 Å². The summed E-state index contributed by atoms with van der Waals surface area (Å²) >= 11 is 0. The summed E-state index contributed by atoms with van der Waals surface area (Å²) in [6.45, 7) is 0.274. The first kappa shape index (κ1) is 21.8. The monoisotopic (exact) mass is 431 g/mol. The SMILES string of the molecule is COc1cccc(NC(=O)CNC(=O)C2CCCN(S(=O)(=O)c3ccccc3)C2)c1. The highest BCUT2D eigenvalue weighted by molar-refractivity contribution is 7.89. The molecule has 1 unspecified atom stereocenters. The zero-order chi connectivity index (χ0) is 21.6. The molecule has 0 aromatic heterocycles. The molecule has 1 aliphatic heterocycles. The molecule has 1 aliphatic rings. The molecule has 30 heavy (non-hydrogen) atoms. The van der Waals surface area contributed by atoms with Crippen molar-refractivity contribution in [3.8, 4) is 5.75 Å². The van der Waals surface area contributed by atoms with Crippen LogP contribution in [0.2, 0.25) is 0 Å². The number of carbonyl (C=O) groups is 2. The minimum Gasteiger partial charge on any atom is -0.497 e. The summed E-state index contributed by atoms with van der Waals surface area (Å²) in [7, 11) is -2.11. The summed E-state index contributed by atoms with van der Waals surface area (Å²) in [5.74, 6) is -0.592. The number of nitrogens with one attached hydrogen (secondary N) is 2. The van der Waals surface area contributed by atoms with Gasteiger partial charge < -0.3 is 15.4 Å². The lowest BCUT2D eigenvalue weighted by atomic mass is 9.99. The maximum absolute atomic E-state index is 12.8. The predicted molar refractivity (Wildman–Crippen MR) is 113 cm³/mol. The van der Waals surface area contributed by atoms with Crippen molar-refractivity contribution in [1.82, 2.24) is 9.62 Å². The van der Waals surface area contributed by atoms with Crippen LogP contribution in [0, 0.1) is 5.92 Å². The number of methoxy groups -OCH3 is 1. The Bertz CT molecular complexity index is 995. The summed E-state index contributed by atoms with van der Waals surface area (Å²) < 4.78 is 32.0. The molecule has 1 fully saturated rings. The molecule has 2 aromatic carbocycles. The maximum atomic E-state index is 12.8. The standard InChI is InChI=1S/C21H25N3O5S/c1-29-18-9-5-8-17(13-18)23-20(25)14-22-21(26)16-7-6-12-24(15-16)30(27,28)19-10-3-2-4-11-19/h2-5,8-11,13,16H,6-7,12,14-15H2,1H3,(H,22,26)(H,23,25). The van der Waals surface area contributed by atoms with Gasteiger partial charge in [0, 0.05) is 24.8 Å². The minimum absolute atomic E-state index is 0.0978. The molecule has 160 valence electrons. The Labute approximate surface area is 176 Å². The lowest BCUT2D eigenvalue weighted by Gasteiger charge is -2.31. The van der Waals surface area contributed by atoms with Crippen molar-refractivity contribution in [3.63, 3.8) is 0 Å². The number of hydrogen-bond acceptors (Lipinski definition) is 5. The molecule has 0 saturated carbocycles. The maximum Gasteiger partial charge on any atom is 0.243 e. The Kier molecular flexibility index (Phi) is 7.07. The summed E-state index contributed by atoms with van der Waals surface area (Å²) in [4.78, 5) is 24.9. The third kappa shape index (κ3) is 5.37. The summed E-state index contributed by atoms with van der Waals surface area (Å²) in [6, 6.07) is 15.1. The molecular formula is C21H25N3O5S. The lowest BCUT2D eigenvalue weighted by molar-refractivity contribution is -0.128. The van der Waals surface area contributed by atoms with E-state index in [2.05, 4.69) is 10.6 Å². The fourth-order valence-electron chi connectivity index (χ4n) is 3.33. The molecule has 1 atom stereocenters. The van der Waals surface area contributed by atoms with E-state index >= 15 is 0 Å². The van der Waals surface area contributed by atoms with Crippen LogP contribution in [0.25, 0.3) is 0 Å². The minimum atomic E-state index is -3.64. The van der Waals surface area contributed by atoms with Gasteiger partial charge >= 0.3 is 0 Å². The van der Waals surface area contributed by atoms with Crippen molar-refractivity contribution in [1.29, 1.82) is 0 Å². The predicted octanol–water partition coefficient (Wildman–Crippen LogP) is 1.85. The van der Waals surface area contributed by atoms with Crippen LogP contribution in [-0.4, -0.2) is 51.3 Å². The smallest absolute Gasteiger partial charge is 0.243 e. The van der Waals surface area contributed by atoms with Crippen LogP contribution in [0.1, 0.15) is 12.8 Å². The van der Waals surface area contributed by atoms with E-state index in [1.165, 1.54) is 11.4 Å². The Morgan fingerprint density at radius 1 is 1.13 bits per heavy atom. The number of anilines is 1. The van der Waals surface area contributed by atoms with Crippen molar-refractivity contribution in [2.75, 3.05) is 32.1 Å². The van der Waals surface area contributed by atoms with E-state index in [0.717, 1.165) is 0 Å². The van der Waals surface area contributed by atoms with Gasteiger partial charge in [-0.3, -0.25) is 9.59 Å². The molecule has 9 heteroatoms. The van der Waals surface area contributed by atoms with Crippen molar-refractivity contribution in [2.24, 2.45) is 5.92 Å². The Morgan fingerprint density at radius 3 is 2.63 bits per heavy atom. The molecule has 0 radical (unpaired) electrons. The van der Waals surface area contributed by atoms with Crippen LogP contribution >= 0.6 is 0 Å². The molecular weight excluding hydrogens is 406 g/mol. The summed E-state index contributed by atoms with van der Waals surface area (Å²) in [6.07, 6.45) is 1.16. The Hall–Kier alpha value is -2.91. The topological polar surface area (TPSA) is 105 Å². The van der Waals surface area contributed by atoms with Gasteiger partial charge in [-0.25, -0.2) is 8.42 Å². The number of hydrogen-bond donors (Lipinski definition) is 2. The molecule has 2 aromatic rings. The normalized spacial score (nSPS) is 17.2. The van der Waals surface area contributed by atoms with Gasteiger partial charge in [-0.2, -0.15) is 4.31 Å². The second-order valence-corrected chi connectivity index (χ2v) is 8.95. The summed E-state index contributed by atoms with van der Waals surface area (Å²) in [5.41, 5.74) is 0.561. The Balaban J connectivity index is 1.54. The molecule has 0 aliphatic carbocycles.